The monoisotopic (exact) mass is 352 g/mol. The number of amides is 1. The van der Waals surface area contributed by atoms with Crippen molar-refractivity contribution in [3.63, 3.8) is 0 Å². The van der Waals surface area contributed by atoms with Gasteiger partial charge in [-0.25, -0.2) is 4.98 Å². The Hall–Kier alpha value is -2.86. The number of imidazole rings is 1. The molecule has 1 amide bonds. The van der Waals surface area contributed by atoms with Crippen molar-refractivity contribution in [2.24, 2.45) is 0 Å². The second-order valence-electron chi connectivity index (χ2n) is 6.43. The number of aromatic nitrogens is 2. The van der Waals surface area contributed by atoms with Gasteiger partial charge in [-0.05, 0) is 57.4 Å². The molecule has 0 saturated heterocycles. The van der Waals surface area contributed by atoms with E-state index in [1.807, 2.05) is 61.2 Å². The molecule has 1 aromatic carbocycles. The number of nitrogens with zero attached hydrogens (tertiary/aromatic N) is 3. The molecule has 0 unspecified atom stereocenters. The number of ether oxygens (including phenoxy) is 1. The van der Waals surface area contributed by atoms with Gasteiger partial charge in [0.05, 0.1) is 5.69 Å². The van der Waals surface area contributed by atoms with Crippen LogP contribution >= 0.6 is 0 Å². The number of carbonyl (C=O) groups excluding carboxylic acids is 1. The molecular formula is C20H24N4O2. The van der Waals surface area contributed by atoms with Crippen LogP contribution in [-0.4, -0.2) is 47.4 Å². The van der Waals surface area contributed by atoms with E-state index in [0.29, 0.717) is 24.5 Å². The van der Waals surface area contributed by atoms with E-state index < -0.39 is 0 Å². The van der Waals surface area contributed by atoms with Crippen molar-refractivity contribution in [2.45, 2.75) is 13.0 Å². The lowest BCUT2D eigenvalue weighted by molar-refractivity contribution is 0.0952. The van der Waals surface area contributed by atoms with Crippen LogP contribution in [0.15, 0.2) is 54.9 Å². The Balaban J connectivity index is 1.55. The van der Waals surface area contributed by atoms with Crippen LogP contribution in [0.1, 0.15) is 22.5 Å². The van der Waals surface area contributed by atoms with Gasteiger partial charge in [-0.15, -0.1) is 0 Å². The van der Waals surface area contributed by atoms with Gasteiger partial charge in [-0.3, -0.25) is 4.79 Å². The fourth-order valence-electron chi connectivity index (χ4n) is 2.64. The van der Waals surface area contributed by atoms with E-state index in [9.17, 15) is 4.79 Å². The molecule has 26 heavy (non-hydrogen) atoms. The van der Waals surface area contributed by atoms with E-state index in [1.54, 1.807) is 12.1 Å². The number of hydrogen-bond donors (Lipinski definition) is 1. The summed E-state index contributed by atoms with van der Waals surface area (Å²) in [5, 5.41) is 2.94. The van der Waals surface area contributed by atoms with Crippen LogP contribution in [-0.2, 0) is 6.61 Å². The average Bonchev–Trinajstić information content (AvgIpc) is 3.06. The second-order valence-corrected chi connectivity index (χ2v) is 6.43. The van der Waals surface area contributed by atoms with E-state index >= 15 is 0 Å². The van der Waals surface area contributed by atoms with Crippen LogP contribution in [0, 0.1) is 0 Å². The molecule has 3 rings (SSSR count). The van der Waals surface area contributed by atoms with Gasteiger partial charge < -0.3 is 19.4 Å². The summed E-state index contributed by atoms with van der Waals surface area (Å²) in [4.78, 5) is 18.8. The molecule has 6 nitrogen and oxygen atoms in total. The predicted octanol–water partition coefficient (Wildman–Crippen LogP) is 2.59. The lowest BCUT2D eigenvalue weighted by Crippen LogP contribution is -2.27. The van der Waals surface area contributed by atoms with Gasteiger partial charge in [0.1, 0.15) is 18.0 Å². The lowest BCUT2D eigenvalue weighted by Gasteiger charge is -2.10. The molecular weight excluding hydrogens is 328 g/mol. The fourth-order valence-corrected chi connectivity index (χ4v) is 2.64. The number of carbonyl (C=O) groups is 1. The summed E-state index contributed by atoms with van der Waals surface area (Å²) in [6.45, 7) is 1.96. The minimum Gasteiger partial charge on any atom is -0.487 e. The summed E-state index contributed by atoms with van der Waals surface area (Å²) in [5.74, 6) is 0.574. The van der Waals surface area contributed by atoms with Crippen molar-refractivity contribution in [3.05, 3.63) is 66.1 Å². The van der Waals surface area contributed by atoms with Gasteiger partial charge in [0.15, 0.2) is 0 Å². The van der Waals surface area contributed by atoms with Crippen LogP contribution < -0.4 is 10.1 Å². The molecule has 0 radical (unpaired) electrons. The Morgan fingerprint density at radius 2 is 2.12 bits per heavy atom. The first-order valence-corrected chi connectivity index (χ1v) is 8.70. The number of nitrogens with one attached hydrogen (secondary N) is 1. The van der Waals surface area contributed by atoms with Crippen LogP contribution in [0.3, 0.4) is 0 Å². The van der Waals surface area contributed by atoms with Crippen LogP contribution in [0.5, 0.6) is 5.75 Å². The first-order chi connectivity index (χ1) is 12.6. The van der Waals surface area contributed by atoms with Gasteiger partial charge in [0.2, 0.25) is 0 Å². The normalized spacial score (nSPS) is 11.0. The SMILES string of the molecule is CN(C)CCCNC(=O)c1cccc(OCc2cn3ccccc3n2)c1. The van der Waals surface area contributed by atoms with Crippen LogP contribution in [0.4, 0.5) is 0 Å². The van der Waals surface area contributed by atoms with Crippen molar-refractivity contribution in [1.82, 2.24) is 19.6 Å². The Morgan fingerprint density at radius 3 is 2.92 bits per heavy atom. The summed E-state index contributed by atoms with van der Waals surface area (Å²) in [6, 6.07) is 13.1. The third-order valence-electron chi connectivity index (χ3n) is 3.96. The van der Waals surface area contributed by atoms with Crippen molar-refractivity contribution >= 4 is 11.6 Å². The standard InChI is InChI=1S/C20H24N4O2/c1-23(2)11-6-10-21-20(25)16-7-5-8-18(13-16)26-15-17-14-24-12-4-3-9-19(24)22-17/h3-5,7-9,12-14H,6,10-11,15H2,1-2H3,(H,21,25). The summed E-state index contributed by atoms with van der Waals surface area (Å²) in [5.41, 5.74) is 2.33. The number of pyridine rings is 1. The van der Waals surface area contributed by atoms with Crippen molar-refractivity contribution < 1.29 is 9.53 Å². The molecule has 0 aliphatic carbocycles. The number of benzene rings is 1. The number of rotatable bonds is 8. The smallest absolute Gasteiger partial charge is 0.251 e. The van der Waals surface area contributed by atoms with Gasteiger partial charge in [-0.1, -0.05) is 12.1 Å². The number of fused-ring (bicyclic) bond motifs is 1. The quantitative estimate of drug-likeness (QED) is 0.633. The molecule has 0 aliphatic rings. The molecule has 0 atom stereocenters. The molecule has 0 spiro atoms. The van der Waals surface area contributed by atoms with Crippen LogP contribution in [0.2, 0.25) is 0 Å². The third-order valence-corrected chi connectivity index (χ3v) is 3.96. The van der Waals surface area contributed by atoms with Gasteiger partial charge in [-0.2, -0.15) is 0 Å². The van der Waals surface area contributed by atoms with E-state index in [0.717, 1.165) is 24.3 Å². The Labute approximate surface area is 153 Å². The van der Waals surface area contributed by atoms with Crippen LogP contribution in [0.25, 0.3) is 5.65 Å². The molecule has 6 heteroatoms. The van der Waals surface area contributed by atoms with Gasteiger partial charge in [0.25, 0.3) is 5.91 Å². The maximum absolute atomic E-state index is 12.2. The largest absolute Gasteiger partial charge is 0.487 e. The number of hydrogen-bond acceptors (Lipinski definition) is 4. The van der Waals surface area contributed by atoms with E-state index in [-0.39, 0.29) is 5.91 Å². The summed E-state index contributed by atoms with van der Waals surface area (Å²) in [6.07, 6.45) is 4.81. The Morgan fingerprint density at radius 1 is 1.23 bits per heavy atom. The highest BCUT2D eigenvalue weighted by Crippen LogP contribution is 2.15. The Bertz CT molecular complexity index is 840. The van der Waals surface area contributed by atoms with E-state index in [1.165, 1.54) is 0 Å². The maximum Gasteiger partial charge on any atom is 0.251 e. The molecule has 0 aliphatic heterocycles. The highest BCUT2D eigenvalue weighted by Gasteiger charge is 2.07. The van der Waals surface area contributed by atoms with Gasteiger partial charge >= 0.3 is 0 Å². The zero-order valence-corrected chi connectivity index (χ0v) is 15.2. The second kappa shape index (κ2) is 8.49. The van der Waals surface area contributed by atoms with E-state index in [4.69, 9.17) is 4.74 Å². The topological polar surface area (TPSA) is 58.9 Å². The van der Waals surface area contributed by atoms with E-state index in [2.05, 4.69) is 15.2 Å². The Kier molecular flexibility index (Phi) is 5.86. The first-order valence-electron chi connectivity index (χ1n) is 8.70. The average molecular weight is 352 g/mol. The first kappa shape index (κ1) is 17.9. The van der Waals surface area contributed by atoms with Crippen molar-refractivity contribution in [2.75, 3.05) is 27.2 Å². The minimum atomic E-state index is -0.0815. The molecule has 2 aromatic heterocycles. The maximum atomic E-state index is 12.2. The lowest BCUT2D eigenvalue weighted by atomic mass is 10.2. The molecule has 0 fully saturated rings. The predicted molar refractivity (Wildman–Crippen MR) is 101 cm³/mol. The highest BCUT2D eigenvalue weighted by molar-refractivity contribution is 5.94. The zero-order valence-electron chi connectivity index (χ0n) is 15.2. The summed E-state index contributed by atoms with van der Waals surface area (Å²) in [7, 11) is 4.04. The molecule has 1 N–H and O–H groups in total. The third kappa shape index (κ3) is 4.83. The van der Waals surface area contributed by atoms with Crippen molar-refractivity contribution in [1.29, 1.82) is 0 Å². The summed E-state index contributed by atoms with van der Waals surface area (Å²) >= 11 is 0. The zero-order chi connectivity index (χ0) is 18.4. The summed E-state index contributed by atoms with van der Waals surface area (Å²) < 4.78 is 7.76. The molecule has 2 heterocycles. The minimum absolute atomic E-state index is 0.0815. The molecule has 0 bridgehead atoms. The highest BCUT2D eigenvalue weighted by atomic mass is 16.5. The molecule has 3 aromatic rings. The molecule has 136 valence electrons. The molecule has 0 saturated carbocycles. The van der Waals surface area contributed by atoms with Gasteiger partial charge in [0, 0.05) is 24.5 Å². The fraction of sp³-hybridized carbons (Fsp3) is 0.300. The van der Waals surface area contributed by atoms with Crippen molar-refractivity contribution in [3.8, 4) is 5.75 Å².